The van der Waals surface area contributed by atoms with Crippen LogP contribution in [0.5, 0.6) is 11.5 Å². The summed E-state index contributed by atoms with van der Waals surface area (Å²) in [6.45, 7) is 1.91. The highest BCUT2D eigenvalue weighted by molar-refractivity contribution is 5.96. The Hall–Kier alpha value is -3.69. The van der Waals surface area contributed by atoms with Crippen LogP contribution in [0, 0.1) is 15.9 Å². The summed E-state index contributed by atoms with van der Waals surface area (Å²) in [6, 6.07) is 7.77. The van der Waals surface area contributed by atoms with Crippen LogP contribution in [0.1, 0.15) is 22.8 Å². The predicted octanol–water partition coefficient (Wildman–Crippen LogP) is 2.37. The van der Waals surface area contributed by atoms with Crippen molar-refractivity contribution in [2.75, 3.05) is 13.2 Å². The zero-order valence-corrected chi connectivity index (χ0v) is 15.3. The lowest BCUT2D eigenvalue weighted by Gasteiger charge is -2.19. The Morgan fingerprint density at radius 2 is 1.83 bits per heavy atom. The van der Waals surface area contributed by atoms with Gasteiger partial charge in [0.2, 0.25) is 0 Å². The van der Waals surface area contributed by atoms with Crippen molar-refractivity contribution in [3.05, 3.63) is 63.5 Å². The molecule has 2 aromatic rings. The Labute approximate surface area is 164 Å². The lowest BCUT2D eigenvalue weighted by atomic mass is 10.1. The van der Waals surface area contributed by atoms with Gasteiger partial charge in [-0.2, -0.15) is 0 Å². The normalized spacial score (nSPS) is 13.3. The first-order chi connectivity index (χ1) is 13.8. The van der Waals surface area contributed by atoms with E-state index in [4.69, 9.17) is 14.2 Å². The Bertz CT molecular complexity index is 946. The third-order valence-corrected chi connectivity index (χ3v) is 4.11. The predicted molar refractivity (Wildman–Crippen MR) is 97.2 cm³/mol. The molecule has 0 spiro atoms. The number of esters is 1. The van der Waals surface area contributed by atoms with Crippen LogP contribution in [0.25, 0.3) is 0 Å². The standard InChI is InChI=1S/C19H17FN2O7/c1-11(18(23)21-10-12-2-4-13(20)5-3-12)29-19(24)14-8-16-17(28-7-6-27-16)9-15(14)22(25)26/h2-5,8-9,11H,6-7,10H2,1H3,(H,21,23)/t11-/m0/s1. The van der Waals surface area contributed by atoms with Crippen molar-refractivity contribution in [3.63, 3.8) is 0 Å². The van der Waals surface area contributed by atoms with Gasteiger partial charge in [-0.15, -0.1) is 0 Å². The Morgan fingerprint density at radius 3 is 2.45 bits per heavy atom. The van der Waals surface area contributed by atoms with Gasteiger partial charge in [0.25, 0.3) is 11.6 Å². The largest absolute Gasteiger partial charge is 0.486 e. The number of benzene rings is 2. The maximum atomic E-state index is 12.9. The summed E-state index contributed by atoms with van der Waals surface area (Å²) in [4.78, 5) is 35.2. The fourth-order valence-corrected chi connectivity index (χ4v) is 2.61. The van der Waals surface area contributed by atoms with E-state index in [0.717, 1.165) is 12.1 Å². The number of carbonyl (C=O) groups is 2. The summed E-state index contributed by atoms with van der Waals surface area (Å²) in [5.74, 6) is -1.71. The average molecular weight is 404 g/mol. The number of amides is 1. The van der Waals surface area contributed by atoms with Gasteiger partial charge in [-0.05, 0) is 24.6 Å². The fraction of sp³-hybridized carbons (Fsp3) is 0.263. The Balaban J connectivity index is 1.67. The molecule has 29 heavy (non-hydrogen) atoms. The summed E-state index contributed by atoms with van der Waals surface area (Å²) in [6.07, 6.45) is -1.21. The van der Waals surface area contributed by atoms with E-state index in [2.05, 4.69) is 5.32 Å². The molecule has 9 nitrogen and oxygen atoms in total. The summed E-state index contributed by atoms with van der Waals surface area (Å²) in [7, 11) is 0. The van der Waals surface area contributed by atoms with Gasteiger partial charge in [0.05, 0.1) is 11.0 Å². The van der Waals surface area contributed by atoms with Crippen LogP contribution < -0.4 is 14.8 Å². The highest BCUT2D eigenvalue weighted by Gasteiger charge is 2.29. The van der Waals surface area contributed by atoms with Crippen molar-refractivity contribution < 1.29 is 33.1 Å². The number of hydrogen-bond acceptors (Lipinski definition) is 7. The first kappa shape index (κ1) is 20.1. The van der Waals surface area contributed by atoms with Crippen LogP contribution >= 0.6 is 0 Å². The van der Waals surface area contributed by atoms with E-state index in [1.54, 1.807) is 0 Å². The van der Waals surface area contributed by atoms with Crippen molar-refractivity contribution in [3.8, 4) is 11.5 Å². The Kier molecular flexibility index (Phi) is 5.91. The third kappa shape index (κ3) is 4.78. The van der Waals surface area contributed by atoms with E-state index in [1.165, 1.54) is 31.2 Å². The van der Waals surface area contributed by atoms with Crippen LogP contribution in [0.2, 0.25) is 0 Å². The molecule has 1 N–H and O–H groups in total. The van der Waals surface area contributed by atoms with E-state index >= 15 is 0 Å². The molecule has 0 unspecified atom stereocenters. The fourth-order valence-electron chi connectivity index (χ4n) is 2.61. The summed E-state index contributed by atoms with van der Waals surface area (Å²) in [5, 5.41) is 13.9. The van der Waals surface area contributed by atoms with Gasteiger partial charge < -0.3 is 19.5 Å². The molecule has 2 aromatic carbocycles. The number of nitrogens with one attached hydrogen (secondary N) is 1. The molecule has 152 valence electrons. The van der Waals surface area contributed by atoms with E-state index < -0.39 is 34.4 Å². The summed E-state index contributed by atoms with van der Waals surface area (Å²) >= 11 is 0. The molecule has 0 aliphatic carbocycles. The van der Waals surface area contributed by atoms with Crippen LogP contribution in [0.3, 0.4) is 0 Å². The molecule has 0 bridgehead atoms. The maximum Gasteiger partial charge on any atom is 0.346 e. The monoisotopic (exact) mass is 404 g/mol. The van der Waals surface area contributed by atoms with Crippen molar-refractivity contribution >= 4 is 17.6 Å². The van der Waals surface area contributed by atoms with Gasteiger partial charge in [-0.25, -0.2) is 9.18 Å². The number of hydrogen-bond donors (Lipinski definition) is 1. The van der Waals surface area contributed by atoms with Crippen LogP contribution in [-0.4, -0.2) is 36.1 Å². The molecule has 1 heterocycles. The van der Waals surface area contributed by atoms with E-state index in [-0.39, 0.29) is 36.8 Å². The second-order valence-corrected chi connectivity index (χ2v) is 6.16. The number of ether oxygens (including phenoxy) is 3. The second-order valence-electron chi connectivity index (χ2n) is 6.16. The van der Waals surface area contributed by atoms with Gasteiger partial charge in [-0.3, -0.25) is 14.9 Å². The van der Waals surface area contributed by atoms with E-state index in [1.807, 2.05) is 0 Å². The molecule has 0 saturated carbocycles. The molecular formula is C19H17FN2O7. The first-order valence-corrected chi connectivity index (χ1v) is 8.66. The van der Waals surface area contributed by atoms with Crippen molar-refractivity contribution in [2.45, 2.75) is 19.6 Å². The molecule has 1 aliphatic heterocycles. The van der Waals surface area contributed by atoms with Crippen molar-refractivity contribution in [1.82, 2.24) is 5.32 Å². The number of carbonyl (C=O) groups excluding carboxylic acids is 2. The highest BCUT2D eigenvalue weighted by Crippen LogP contribution is 2.37. The van der Waals surface area contributed by atoms with Gasteiger partial charge in [0.1, 0.15) is 24.6 Å². The lowest BCUT2D eigenvalue weighted by Crippen LogP contribution is -2.35. The molecule has 3 rings (SSSR count). The van der Waals surface area contributed by atoms with Crippen LogP contribution in [-0.2, 0) is 16.1 Å². The SMILES string of the molecule is C[C@H](OC(=O)c1cc2c(cc1[N+](=O)[O-])OCCO2)C(=O)NCc1ccc(F)cc1. The molecule has 0 radical (unpaired) electrons. The zero-order chi connectivity index (χ0) is 21.0. The zero-order valence-electron chi connectivity index (χ0n) is 15.3. The molecule has 0 aromatic heterocycles. The van der Waals surface area contributed by atoms with E-state index in [9.17, 15) is 24.1 Å². The number of nitrogens with zero attached hydrogens (tertiary/aromatic N) is 1. The van der Waals surface area contributed by atoms with Crippen LogP contribution in [0.15, 0.2) is 36.4 Å². The second kappa shape index (κ2) is 8.55. The molecule has 0 saturated heterocycles. The number of rotatable bonds is 6. The Morgan fingerprint density at radius 1 is 1.21 bits per heavy atom. The topological polar surface area (TPSA) is 117 Å². The van der Waals surface area contributed by atoms with Gasteiger partial charge in [0, 0.05) is 12.6 Å². The quantitative estimate of drug-likeness (QED) is 0.446. The average Bonchev–Trinajstić information content (AvgIpc) is 2.71. The molecule has 0 fully saturated rings. The minimum absolute atomic E-state index is 0.102. The minimum atomic E-state index is -1.21. The molecule has 10 heteroatoms. The third-order valence-electron chi connectivity index (χ3n) is 4.11. The van der Waals surface area contributed by atoms with Gasteiger partial charge in [-0.1, -0.05) is 12.1 Å². The molecular weight excluding hydrogens is 387 g/mol. The molecule has 1 amide bonds. The smallest absolute Gasteiger partial charge is 0.346 e. The number of fused-ring (bicyclic) bond motifs is 1. The van der Waals surface area contributed by atoms with Crippen molar-refractivity contribution in [1.29, 1.82) is 0 Å². The first-order valence-electron chi connectivity index (χ1n) is 8.66. The maximum absolute atomic E-state index is 12.9. The van der Waals surface area contributed by atoms with Crippen LogP contribution in [0.4, 0.5) is 10.1 Å². The molecule has 1 atom stereocenters. The van der Waals surface area contributed by atoms with Gasteiger partial charge >= 0.3 is 5.97 Å². The summed E-state index contributed by atoms with van der Waals surface area (Å²) < 4.78 is 28.6. The van der Waals surface area contributed by atoms with Gasteiger partial charge in [0.15, 0.2) is 17.6 Å². The molecule has 1 aliphatic rings. The number of nitro benzene ring substituents is 1. The number of nitro groups is 1. The number of halogens is 1. The van der Waals surface area contributed by atoms with Crippen molar-refractivity contribution in [2.24, 2.45) is 0 Å². The minimum Gasteiger partial charge on any atom is -0.486 e. The highest BCUT2D eigenvalue weighted by atomic mass is 19.1. The van der Waals surface area contributed by atoms with E-state index in [0.29, 0.717) is 5.56 Å². The lowest BCUT2D eigenvalue weighted by molar-refractivity contribution is -0.385. The summed E-state index contributed by atoms with van der Waals surface area (Å²) in [5.41, 5.74) is -0.212.